The summed E-state index contributed by atoms with van der Waals surface area (Å²) in [5.41, 5.74) is 0.599. The van der Waals surface area contributed by atoms with Gasteiger partial charge in [-0.2, -0.15) is 0 Å². The Kier molecular flexibility index (Phi) is 3.57. The van der Waals surface area contributed by atoms with Crippen LogP contribution in [0.15, 0.2) is 60.7 Å². The molecule has 0 radical (unpaired) electrons. The highest BCUT2D eigenvalue weighted by atomic mass is 16.5. The summed E-state index contributed by atoms with van der Waals surface area (Å²) in [4.78, 5) is 25.2. The van der Waals surface area contributed by atoms with Crippen LogP contribution in [-0.4, -0.2) is 11.8 Å². The van der Waals surface area contributed by atoms with E-state index < -0.39 is 23.4 Å². The van der Waals surface area contributed by atoms with Crippen molar-refractivity contribution < 1.29 is 14.3 Å². The number of hydrogen-bond acceptors (Lipinski definition) is 3. The van der Waals surface area contributed by atoms with Gasteiger partial charge in [0.25, 0.3) is 0 Å². The molecule has 0 spiro atoms. The summed E-state index contributed by atoms with van der Waals surface area (Å²) < 4.78 is 5.67. The number of ketones is 1. The molecule has 0 bridgehead atoms. The molecule has 0 aliphatic carbocycles. The van der Waals surface area contributed by atoms with Gasteiger partial charge in [-0.1, -0.05) is 60.7 Å². The summed E-state index contributed by atoms with van der Waals surface area (Å²) in [6.07, 6.45) is -0.573. The van der Waals surface area contributed by atoms with E-state index in [4.69, 9.17) is 4.74 Å². The third kappa shape index (κ3) is 2.33. The van der Waals surface area contributed by atoms with Crippen molar-refractivity contribution in [2.24, 2.45) is 5.41 Å². The molecule has 1 saturated heterocycles. The molecule has 2 aromatic rings. The maximum atomic E-state index is 12.9. The molecule has 1 aliphatic rings. The molecule has 1 heterocycles. The predicted molar refractivity (Wildman–Crippen MR) is 83.2 cm³/mol. The molecule has 22 heavy (non-hydrogen) atoms. The van der Waals surface area contributed by atoms with E-state index >= 15 is 0 Å². The SMILES string of the molecule is CC1(C)C(=O)O[C@@H](c2ccccc2)[C@@H](c2ccccc2)C1=O. The third-order valence-corrected chi connectivity index (χ3v) is 4.23. The minimum absolute atomic E-state index is 0.0937. The Labute approximate surface area is 129 Å². The maximum Gasteiger partial charge on any atom is 0.319 e. The first-order chi connectivity index (χ1) is 10.5. The van der Waals surface area contributed by atoms with Crippen molar-refractivity contribution in [3.05, 3.63) is 71.8 Å². The molecule has 0 amide bonds. The van der Waals surface area contributed by atoms with Crippen LogP contribution in [0, 0.1) is 5.41 Å². The third-order valence-electron chi connectivity index (χ3n) is 4.23. The van der Waals surface area contributed by atoms with Gasteiger partial charge in [0.05, 0.1) is 5.92 Å². The van der Waals surface area contributed by atoms with E-state index in [1.807, 2.05) is 60.7 Å². The van der Waals surface area contributed by atoms with Crippen molar-refractivity contribution in [1.29, 1.82) is 0 Å². The number of benzene rings is 2. The lowest BCUT2D eigenvalue weighted by Gasteiger charge is -2.38. The van der Waals surface area contributed by atoms with Crippen molar-refractivity contribution in [2.45, 2.75) is 25.9 Å². The van der Waals surface area contributed by atoms with Gasteiger partial charge in [0.15, 0.2) is 5.78 Å². The number of cyclic esters (lactones) is 1. The lowest BCUT2D eigenvalue weighted by molar-refractivity contribution is -0.174. The van der Waals surface area contributed by atoms with Crippen molar-refractivity contribution in [1.82, 2.24) is 0 Å². The molecule has 0 aromatic heterocycles. The second kappa shape index (κ2) is 5.41. The molecule has 3 rings (SSSR count). The minimum atomic E-state index is -1.12. The Morgan fingerprint density at radius 3 is 1.86 bits per heavy atom. The largest absolute Gasteiger partial charge is 0.456 e. The normalized spacial score (nSPS) is 23.9. The molecule has 2 atom stereocenters. The minimum Gasteiger partial charge on any atom is -0.456 e. The Morgan fingerprint density at radius 2 is 1.32 bits per heavy atom. The van der Waals surface area contributed by atoms with Gasteiger partial charge in [-0.15, -0.1) is 0 Å². The fourth-order valence-electron chi connectivity index (χ4n) is 2.85. The summed E-state index contributed by atoms with van der Waals surface area (Å²) in [6.45, 7) is 3.27. The van der Waals surface area contributed by atoms with Gasteiger partial charge in [0, 0.05) is 0 Å². The summed E-state index contributed by atoms with van der Waals surface area (Å²) >= 11 is 0. The zero-order valence-corrected chi connectivity index (χ0v) is 12.7. The van der Waals surface area contributed by atoms with Gasteiger partial charge < -0.3 is 4.74 Å². The van der Waals surface area contributed by atoms with Gasteiger partial charge >= 0.3 is 5.97 Å². The highest BCUT2D eigenvalue weighted by molar-refractivity contribution is 6.08. The molecule has 1 aliphatic heterocycles. The van der Waals surface area contributed by atoms with Crippen LogP contribution in [-0.2, 0) is 14.3 Å². The van der Waals surface area contributed by atoms with Gasteiger partial charge in [-0.25, -0.2) is 0 Å². The second-order valence-corrected chi connectivity index (χ2v) is 6.11. The predicted octanol–water partition coefficient (Wildman–Crippen LogP) is 3.66. The summed E-state index contributed by atoms with van der Waals surface area (Å²) in [6, 6.07) is 19.0. The van der Waals surface area contributed by atoms with Crippen LogP contribution in [0.3, 0.4) is 0 Å². The van der Waals surface area contributed by atoms with Crippen LogP contribution in [0.4, 0.5) is 0 Å². The first-order valence-electron chi connectivity index (χ1n) is 7.37. The zero-order valence-electron chi connectivity index (χ0n) is 12.7. The van der Waals surface area contributed by atoms with Crippen LogP contribution in [0.2, 0.25) is 0 Å². The highest BCUT2D eigenvalue weighted by Gasteiger charge is 2.51. The van der Waals surface area contributed by atoms with Crippen molar-refractivity contribution in [2.75, 3.05) is 0 Å². The second-order valence-electron chi connectivity index (χ2n) is 6.11. The number of Topliss-reactive ketones (excluding diaryl/α,β-unsaturated/α-hetero) is 1. The van der Waals surface area contributed by atoms with Crippen LogP contribution >= 0.6 is 0 Å². The summed E-state index contributed by atoms with van der Waals surface area (Å²) in [5.74, 6) is -1.03. The fourth-order valence-corrected chi connectivity index (χ4v) is 2.85. The van der Waals surface area contributed by atoms with Crippen LogP contribution in [0.1, 0.15) is 37.0 Å². The molecule has 0 unspecified atom stereocenters. The van der Waals surface area contributed by atoms with E-state index in [9.17, 15) is 9.59 Å². The van der Waals surface area contributed by atoms with Crippen molar-refractivity contribution in [3.63, 3.8) is 0 Å². The van der Waals surface area contributed by atoms with Gasteiger partial charge in [0.2, 0.25) is 0 Å². The quantitative estimate of drug-likeness (QED) is 0.627. The topological polar surface area (TPSA) is 43.4 Å². The Hall–Kier alpha value is -2.42. The monoisotopic (exact) mass is 294 g/mol. The Morgan fingerprint density at radius 1 is 0.818 bits per heavy atom. The number of carbonyl (C=O) groups excluding carboxylic acids is 2. The maximum absolute atomic E-state index is 12.9. The first-order valence-corrected chi connectivity index (χ1v) is 7.37. The number of carbonyl (C=O) groups is 2. The molecule has 112 valence electrons. The molecular weight excluding hydrogens is 276 g/mol. The number of ether oxygens (including phenoxy) is 1. The molecule has 0 saturated carbocycles. The van der Waals surface area contributed by atoms with Crippen LogP contribution in [0.25, 0.3) is 0 Å². The van der Waals surface area contributed by atoms with Crippen molar-refractivity contribution in [3.8, 4) is 0 Å². The van der Waals surface area contributed by atoms with E-state index in [1.54, 1.807) is 13.8 Å². The van der Waals surface area contributed by atoms with E-state index in [0.29, 0.717) is 0 Å². The molecule has 2 aromatic carbocycles. The number of esters is 1. The van der Waals surface area contributed by atoms with Crippen LogP contribution in [0.5, 0.6) is 0 Å². The molecular formula is C19H18O3. The highest BCUT2D eigenvalue weighted by Crippen LogP contribution is 2.44. The Balaban J connectivity index is 2.10. The zero-order chi connectivity index (χ0) is 15.7. The number of hydrogen-bond donors (Lipinski definition) is 0. The summed E-state index contributed by atoms with van der Waals surface area (Å²) in [5, 5.41) is 0. The molecule has 1 fully saturated rings. The average Bonchev–Trinajstić information content (AvgIpc) is 2.54. The average molecular weight is 294 g/mol. The lowest BCUT2D eigenvalue weighted by atomic mass is 9.72. The molecule has 0 N–H and O–H groups in total. The smallest absolute Gasteiger partial charge is 0.319 e. The van der Waals surface area contributed by atoms with E-state index in [-0.39, 0.29) is 5.78 Å². The van der Waals surface area contributed by atoms with E-state index in [2.05, 4.69) is 0 Å². The standard InChI is InChI=1S/C19H18O3/c1-19(2)17(20)15(13-9-5-3-6-10-13)16(22-18(19)21)14-11-7-4-8-12-14/h3-12,15-16H,1-2H3/t15-,16+/m1/s1. The van der Waals surface area contributed by atoms with Gasteiger partial charge in [0.1, 0.15) is 11.5 Å². The van der Waals surface area contributed by atoms with Gasteiger partial charge in [-0.05, 0) is 25.0 Å². The van der Waals surface area contributed by atoms with E-state index in [1.165, 1.54) is 0 Å². The fraction of sp³-hybridized carbons (Fsp3) is 0.263. The van der Waals surface area contributed by atoms with E-state index in [0.717, 1.165) is 11.1 Å². The van der Waals surface area contributed by atoms with Gasteiger partial charge in [-0.3, -0.25) is 9.59 Å². The summed E-state index contributed by atoms with van der Waals surface area (Å²) in [7, 11) is 0. The van der Waals surface area contributed by atoms with Crippen molar-refractivity contribution >= 4 is 11.8 Å². The first kappa shape index (κ1) is 14.5. The number of rotatable bonds is 2. The lowest BCUT2D eigenvalue weighted by Crippen LogP contribution is -2.46. The van der Waals surface area contributed by atoms with Crippen LogP contribution < -0.4 is 0 Å². The molecule has 3 nitrogen and oxygen atoms in total. The molecule has 3 heteroatoms. The Bertz CT molecular complexity index is 689.